The molecule has 1 rings (SSSR count). The van der Waals surface area contributed by atoms with Gasteiger partial charge in [-0.1, -0.05) is 0 Å². The van der Waals surface area contributed by atoms with Crippen molar-refractivity contribution in [2.75, 3.05) is 13.2 Å². The second-order valence-electron chi connectivity index (χ2n) is 3.64. The number of carbonyl (C=O) groups excluding carboxylic acids is 1. The van der Waals surface area contributed by atoms with Crippen molar-refractivity contribution in [3.05, 3.63) is 39.9 Å². The van der Waals surface area contributed by atoms with Crippen LogP contribution in [-0.2, 0) is 4.79 Å². The molecule has 0 saturated heterocycles. The van der Waals surface area contributed by atoms with Gasteiger partial charge in [-0.3, -0.25) is 14.9 Å². The summed E-state index contributed by atoms with van der Waals surface area (Å²) in [6, 6.07) is 5.35. The molecule has 1 aromatic rings. The van der Waals surface area contributed by atoms with Crippen LogP contribution >= 0.6 is 0 Å². The standard InChI is InChI=1S/C11H14N2O5/c14-6-5-12-11(16)7-10(15)8-1-3-9(4-2-8)13(17)18/h1-4,10,14-15H,5-7H2,(H,12,16). The largest absolute Gasteiger partial charge is 0.395 e. The molecule has 0 bridgehead atoms. The highest BCUT2D eigenvalue weighted by atomic mass is 16.6. The van der Waals surface area contributed by atoms with Gasteiger partial charge in [0.15, 0.2) is 0 Å². The van der Waals surface area contributed by atoms with Gasteiger partial charge in [0.2, 0.25) is 5.91 Å². The first-order chi connectivity index (χ1) is 8.54. The Morgan fingerprint density at radius 3 is 2.50 bits per heavy atom. The highest BCUT2D eigenvalue weighted by molar-refractivity contribution is 5.76. The first kappa shape index (κ1) is 14.1. The Morgan fingerprint density at radius 1 is 1.39 bits per heavy atom. The lowest BCUT2D eigenvalue weighted by Crippen LogP contribution is -2.27. The van der Waals surface area contributed by atoms with Crippen molar-refractivity contribution in [3.8, 4) is 0 Å². The number of nitro benzene ring substituents is 1. The number of aliphatic hydroxyl groups excluding tert-OH is 2. The summed E-state index contributed by atoms with van der Waals surface area (Å²) in [6.45, 7) is -0.0365. The molecule has 0 radical (unpaired) electrons. The molecule has 18 heavy (non-hydrogen) atoms. The highest BCUT2D eigenvalue weighted by Gasteiger charge is 2.14. The van der Waals surface area contributed by atoms with E-state index in [1.165, 1.54) is 24.3 Å². The van der Waals surface area contributed by atoms with Gasteiger partial charge in [0.25, 0.3) is 5.69 Å². The molecule has 98 valence electrons. The zero-order valence-corrected chi connectivity index (χ0v) is 9.57. The van der Waals surface area contributed by atoms with Crippen LogP contribution in [0.25, 0.3) is 0 Å². The number of rotatable bonds is 6. The summed E-state index contributed by atoms with van der Waals surface area (Å²) < 4.78 is 0. The van der Waals surface area contributed by atoms with Crippen LogP contribution in [0.5, 0.6) is 0 Å². The summed E-state index contributed by atoms with van der Waals surface area (Å²) in [5, 5.41) is 31.1. The highest BCUT2D eigenvalue weighted by Crippen LogP contribution is 2.19. The number of amides is 1. The van der Waals surface area contributed by atoms with E-state index in [2.05, 4.69) is 5.32 Å². The molecule has 0 aliphatic carbocycles. The van der Waals surface area contributed by atoms with E-state index in [1.807, 2.05) is 0 Å². The molecule has 7 heteroatoms. The number of non-ortho nitro benzene ring substituents is 1. The molecule has 0 aliphatic heterocycles. The molecule has 7 nitrogen and oxygen atoms in total. The summed E-state index contributed by atoms with van der Waals surface area (Å²) in [5.41, 5.74) is 0.357. The Bertz CT molecular complexity index is 418. The Morgan fingerprint density at radius 2 is 2.00 bits per heavy atom. The van der Waals surface area contributed by atoms with Crippen molar-refractivity contribution < 1.29 is 19.9 Å². The van der Waals surface area contributed by atoms with Gasteiger partial charge in [-0.25, -0.2) is 0 Å². The van der Waals surface area contributed by atoms with E-state index < -0.39 is 16.9 Å². The average molecular weight is 254 g/mol. The van der Waals surface area contributed by atoms with Crippen molar-refractivity contribution in [3.63, 3.8) is 0 Å². The minimum atomic E-state index is -1.02. The first-order valence-corrected chi connectivity index (χ1v) is 5.34. The van der Waals surface area contributed by atoms with Gasteiger partial charge in [0.05, 0.1) is 24.1 Å². The molecule has 0 aromatic heterocycles. The van der Waals surface area contributed by atoms with Crippen molar-refractivity contribution in [1.29, 1.82) is 0 Å². The van der Waals surface area contributed by atoms with Gasteiger partial charge in [0, 0.05) is 18.7 Å². The maximum Gasteiger partial charge on any atom is 0.269 e. The zero-order chi connectivity index (χ0) is 13.5. The molecule has 0 heterocycles. The van der Waals surface area contributed by atoms with E-state index in [0.717, 1.165) is 0 Å². The third-order valence-electron chi connectivity index (χ3n) is 2.30. The number of carbonyl (C=O) groups is 1. The second-order valence-corrected chi connectivity index (χ2v) is 3.64. The van der Waals surface area contributed by atoms with Gasteiger partial charge in [-0.05, 0) is 17.7 Å². The predicted molar refractivity (Wildman–Crippen MR) is 62.8 cm³/mol. The van der Waals surface area contributed by atoms with Crippen molar-refractivity contribution in [2.45, 2.75) is 12.5 Å². The Kier molecular flexibility index (Phi) is 5.22. The molecular formula is C11H14N2O5. The number of nitrogens with one attached hydrogen (secondary N) is 1. The third kappa shape index (κ3) is 4.11. The summed E-state index contributed by atoms with van der Waals surface area (Å²) in [7, 11) is 0. The maximum atomic E-state index is 11.3. The van der Waals surface area contributed by atoms with Gasteiger partial charge in [0.1, 0.15) is 0 Å². The Balaban J connectivity index is 2.58. The van der Waals surface area contributed by atoms with Crippen LogP contribution < -0.4 is 5.32 Å². The van der Waals surface area contributed by atoms with Crippen LogP contribution in [0.4, 0.5) is 5.69 Å². The van der Waals surface area contributed by atoms with E-state index in [4.69, 9.17) is 5.11 Å². The van der Waals surface area contributed by atoms with Crippen LogP contribution in [0.2, 0.25) is 0 Å². The van der Waals surface area contributed by atoms with E-state index in [0.29, 0.717) is 5.56 Å². The molecule has 1 aromatic carbocycles. The van der Waals surface area contributed by atoms with Crippen LogP contribution in [-0.4, -0.2) is 34.2 Å². The molecular weight excluding hydrogens is 240 g/mol. The number of aliphatic hydroxyl groups is 2. The monoisotopic (exact) mass is 254 g/mol. The molecule has 0 saturated carbocycles. The van der Waals surface area contributed by atoms with E-state index >= 15 is 0 Å². The molecule has 0 fully saturated rings. The number of benzene rings is 1. The average Bonchev–Trinajstić information content (AvgIpc) is 2.36. The number of nitro groups is 1. The minimum absolute atomic E-state index is 0.0734. The van der Waals surface area contributed by atoms with Crippen molar-refractivity contribution in [2.24, 2.45) is 0 Å². The van der Waals surface area contributed by atoms with Crippen LogP contribution in [0, 0.1) is 10.1 Å². The first-order valence-electron chi connectivity index (χ1n) is 5.34. The zero-order valence-electron chi connectivity index (χ0n) is 9.57. The Labute approximate surface area is 103 Å². The second kappa shape index (κ2) is 6.67. The third-order valence-corrected chi connectivity index (χ3v) is 2.30. The fourth-order valence-corrected chi connectivity index (χ4v) is 1.38. The fourth-order valence-electron chi connectivity index (χ4n) is 1.38. The van der Waals surface area contributed by atoms with Crippen molar-refractivity contribution >= 4 is 11.6 Å². The summed E-state index contributed by atoms with van der Waals surface area (Å²) in [4.78, 5) is 21.2. The van der Waals surface area contributed by atoms with Gasteiger partial charge in [-0.15, -0.1) is 0 Å². The van der Waals surface area contributed by atoms with Crippen LogP contribution in [0.3, 0.4) is 0 Å². The molecule has 1 unspecified atom stereocenters. The normalized spacial score (nSPS) is 11.9. The quantitative estimate of drug-likeness (QED) is 0.493. The summed E-state index contributed by atoms with van der Waals surface area (Å²) in [5.74, 6) is -0.394. The number of nitrogens with zero attached hydrogens (tertiary/aromatic N) is 1. The van der Waals surface area contributed by atoms with Crippen LogP contribution in [0.1, 0.15) is 18.1 Å². The molecule has 1 atom stereocenters. The van der Waals surface area contributed by atoms with E-state index in [9.17, 15) is 20.0 Å². The summed E-state index contributed by atoms with van der Waals surface area (Å²) >= 11 is 0. The molecule has 1 amide bonds. The Hall–Kier alpha value is -1.99. The SMILES string of the molecule is O=C(CC(O)c1ccc([N+](=O)[O-])cc1)NCCO. The molecule has 0 aliphatic rings. The van der Waals surface area contributed by atoms with Gasteiger partial charge >= 0.3 is 0 Å². The van der Waals surface area contributed by atoms with Crippen molar-refractivity contribution in [1.82, 2.24) is 5.32 Å². The summed E-state index contributed by atoms with van der Waals surface area (Å²) in [6.07, 6.45) is -1.18. The molecule has 3 N–H and O–H groups in total. The maximum absolute atomic E-state index is 11.3. The fraction of sp³-hybridized carbons (Fsp3) is 0.364. The lowest BCUT2D eigenvalue weighted by atomic mass is 10.1. The van der Waals surface area contributed by atoms with E-state index in [-0.39, 0.29) is 25.3 Å². The lowest BCUT2D eigenvalue weighted by molar-refractivity contribution is -0.384. The smallest absolute Gasteiger partial charge is 0.269 e. The van der Waals surface area contributed by atoms with Gasteiger partial charge < -0.3 is 15.5 Å². The van der Waals surface area contributed by atoms with E-state index in [1.54, 1.807) is 0 Å². The lowest BCUT2D eigenvalue weighted by Gasteiger charge is -2.10. The predicted octanol–water partition coefficient (Wildman–Crippen LogP) is 0.127. The van der Waals surface area contributed by atoms with Crippen LogP contribution in [0.15, 0.2) is 24.3 Å². The molecule has 0 spiro atoms. The topological polar surface area (TPSA) is 113 Å². The number of hydrogen-bond donors (Lipinski definition) is 3. The van der Waals surface area contributed by atoms with Gasteiger partial charge in [-0.2, -0.15) is 0 Å². The number of hydrogen-bond acceptors (Lipinski definition) is 5. The minimum Gasteiger partial charge on any atom is -0.395 e.